The Morgan fingerprint density at radius 2 is 1.84 bits per heavy atom. The van der Waals surface area contributed by atoms with Gasteiger partial charge in [0.15, 0.2) is 0 Å². The van der Waals surface area contributed by atoms with E-state index in [4.69, 9.17) is 16.3 Å². The van der Waals surface area contributed by atoms with Crippen LogP contribution in [0.1, 0.15) is 17.4 Å². The van der Waals surface area contributed by atoms with Gasteiger partial charge in [-0.15, -0.1) is 5.10 Å². The second kappa shape index (κ2) is 4.82. The second-order valence-corrected chi connectivity index (χ2v) is 4.55. The van der Waals surface area contributed by atoms with Crippen molar-refractivity contribution in [3.05, 3.63) is 64.7 Å². The van der Waals surface area contributed by atoms with E-state index in [-0.39, 0.29) is 5.75 Å². The molecule has 2 N–H and O–H groups in total. The molecule has 0 bridgehead atoms. The molecule has 2 aromatic carbocycles. The maximum atomic E-state index is 9.78. The van der Waals surface area contributed by atoms with Crippen molar-refractivity contribution in [2.24, 2.45) is 5.10 Å². The van der Waals surface area contributed by atoms with Crippen molar-refractivity contribution in [2.45, 2.75) is 6.23 Å². The number of hydrogen-bond donors (Lipinski definition) is 2. The summed E-state index contributed by atoms with van der Waals surface area (Å²) >= 11 is 5.83. The largest absolute Gasteiger partial charge is 0.507 e. The third kappa shape index (κ3) is 2.35. The zero-order valence-electron chi connectivity index (χ0n) is 9.88. The molecule has 5 heteroatoms. The number of para-hydroxylation sites is 1. The van der Waals surface area contributed by atoms with E-state index in [0.717, 1.165) is 5.56 Å². The van der Waals surface area contributed by atoms with Crippen LogP contribution >= 0.6 is 11.6 Å². The van der Waals surface area contributed by atoms with Crippen LogP contribution in [0.5, 0.6) is 5.75 Å². The highest BCUT2D eigenvalue weighted by atomic mass is 35.5. The number of benzene rings is 2. The molecule has 19 heavy (non-hydrogen) atoms. The number of phenolic OH excluding ortho intramolecular Hbond substituents is 1. The summed E-state index contributed by atoms with van der Waals surface area (Å²) in [4.78, 5) is 0. The summed E-state index contributed by atoms with van der Waals surface area (Å²) in [5.41, 5.74) is 4.33. The third-order valence-corrected chi connectivity index (χ3v) is 3.08. The van der Waals surface area contributed by atoms with Gasteiger partial charge in [0.2, 0.25) is 12.1 Å². The molecule has 96 valence electrons. The van der Waals surface area contributed by atoms with Gasteiger partial charge in [0.1, 0.15) is 5.75 Å². The van der Waals surface area contributed by atoms with E-state index in [0.29, 0.717) is 16.5 Å². The molecule has 0 aliphatic carbocycles. The Balaban J connectivity index is 1.80. The van der Waals surface area contributed by atoms with Gasteiger partial charge < -0.3 is 9.84 Å². The number of nitrogens with zero attached hydrogens (tertiary/aromatic N) is 1. The van der Waals surface area contributed by atoms with Crippen molar-refractivity contribution in [2.75, 3.05) is 0 Å². The van der Waals surface area contributed by atoms with Crippen LogP contribution in [0.15, 0.2) is 53.6 Å². The summed E-state index contributed by atoms with van der Waals surface area (Å²) in [6.45, 7) is 0. The molecular weight excluding hydrogens is 264 g/mol. The van der Waals surface area contributed by atoms with E-state index in [1.54, 1.807) is 30.3 Å². The molecule has 0 radical (unpaired) electrons. The van der Waals surface area contributed by atoms with Crippen molar-refractivity contribution in [1.82, 2.24) is 5.43 Å². The lowest BCUT2D eigenvalue weighted by molar-refractivity contribution is 0.187. The lowest BCUT2D eigenvalue weighted by Gasteiger charge is -2.12. The minimum Gasteiger partial charge on any atom is -0.507 e. The summed E-state index contributed by atoms with van der Waals surface area (Å²) in [5.74, 6) is 0.650. The quantitative estimate of drug-likeness (QED) is 0.885. The Bertz CT molecular complexity index is 626. The second-order valence-electron chi connectivity index (χ2n) is 4.11. The SMILES string of the molecule is Oc1ccccc1C1NN=C(c2ccc(Cl)cc2)O1. The van der Waals surface area contributed by atoms with Crippen molar-refractivity contribution in [3.8, 4) is 5.75 Å². The summed E-state index contributed by atoms with van der Waals surface area (Å²) < 4.78 is 5.69. The first-order chi connectivity index (χ1) is 9.24. The van der Waals surface area contributed by atoms with Gasteiger partial charge in [-0.25, -0.2) is 0 Å². The number of nitrogens with one attached hydrogen (secondary N) is 1. The highest BCUT2D eigenvalue weighted by molar-refractivity contribution is 6.30. The highest BCUT2D eigenvalue weighted by Gasteiger charge is 2.24. The first-order valence-corrected chi connectivity index (χ1v) is 6.15. The summed E-state index contributed by atoms with van der Waals surface area (Å²) in [6, 6.07) is 14.2. The Morgan fingerprint density at radius 1 is 1.11 bits per heavy atom. The average molecular weight is 275 g/mol. The Kier molecular flexibility index (Phi) is 3.01. The van der Waals surface area contributed by atoms with E-state index in [1.807, 2.05) is 18.2 Å². The fourth-order valence-corrected chi connectivity index (χ4v) is 1.97. The molecule has 0 saturated carbocycles. The van der Waals surface area contributed by atoms with E-state index in [2.05, 4.69) is 10.5 Å². The molecule has 1 aliphatic rings. The number of ether oxygens (including phenoxy) is 1. The van der Waals surface area contributed by atoms with Crippen LogP contribution in [-0.2, 0) is 4.74 Å². The van der Waals surface area contributed by atoms with Gasteiger partial charge in [0, 0.05) is 10.6 Å². The summed E-state index contributed by atoms with van der Waals surface area (Å²) in [5, 5.41) is 14.6. The van der Waals surface area contributed by atoms with E-state index >= 15 is 0 Å². The van der Waals surface area contributed by atoms with Gasteiger partial charge in [-0.1, -0.05) is 23.7 Å². The molecule has 0 fully saturated rings. The smallest absolute Gasteiger partial charge is 0.240 e. The standard InChI is InChI=1S/C14H11ClN2O2/c15-10-7-5-9(6-8-10)13-16-17-14(19-13)11-3-1-2-4-12(11)18/h1-8,14,17-18H. The molecule has 0 aromatic heterocycles. The van der Waals surface area contributed by atoms with Crippen molar-refractivity contribution in [1.29, 1.82) is 0 Å². The zero-order valence-corrected chi connectivity index (χ0v) is 10.6. The van der Waals surface area contributed by atoms with Crippen LogP contribution in [0.25, 0.3) is 0 Å². The van der Waals surface area contributed by atoms with Crippen LogP contribution in [0, 0.1) is 0 Å². The molecule has 0 spiro atoms. The van der Waals surface area contributed by atoms with E-state index < -0.39 is 6.23 Å². The number of phenols is 1. The van der Waals surface area contributed by atoms with Crippen LogP contribution in [-0.4, -0.2) is 11.0 Å². The Hall–Kier alpha value is -2.20. The number of halogens is 1. The number of hydrazone groups is 1. The van der Waals surface area contributed by atoms with E-state index in [9.17, 15) is 5.11 Å². The van der Waals surface area contributed by atoms with E-state index in [1.165, 1.54) is 0 Å². The predicted octanol–water partition coefficient (Wildman–Crippen LogP) is 3.03. The van der Waals surface area contributed by atoms with Crippen LogP contribution in [0.4, 0.5) is 0 Å². The van der Waals surface area contributed by atoms with Crippen molar-refractivity contribution < 1.29 is 9.84 Å². The first-order valence-electron chi connectivity index (χ1n) is 5.78. The first kappa shape index (κ1) is 11.9. The van der Waals surface area contributed by atoms with Crippen LogP contribution in [0.2, 0.25) is 5.02 Å². The Labute approximate surface area is 115 Å². The topological polar surface area (TPSA) is 53.8 Å². The highest BCUT2D eigenvalue weighted by Crippen LogP contribution is 2.28. The number of aromatic hydroxyl groups is 1. The molecule has 1 heterocycles. The van der Waals surface area contributed by atoms with Gasteiger partial charge in [0.05, 0.1) is 5.56 Å². The fraction of sp³-hybridized carbons (Fsp3) is 0.0714. The molecule has 0 amide bonds. The molecular formula is C14H11ClN2O2. The average Bonchev–Trinajstić information content (AvgIpc) is 2.89. The number of rotatable bonds is 2. The molecule has 2 aromatic rings. The summed E-state index contributed by atoms with van der Waals surface area (Å²) in [7, 11) is 0. The van der Waals surface area contributed by atoms with Gasteiger partial charge in [-0.3, -0.25) is 5.43 Å². The van der Waals surface area contributed by atoms with Crippen molar-refractivity contribution >= 4 is 17.5 Å². The monoisotopic (exact) mass is 274 g/mol. The molecule has 4 nitrogen and oxygen atoms in total. The fourth-order valence-electron chi connectivity index (χ4n) is 1.85. The molecule has 1 aliphatic heterocycles. The minimum absolute atomic E-state index is 0.174. The van der Waals surface area contributed by atoms with Crippen molar-refractivity contribution in [3.63, 3.8) is 0 Å². The predicted molar refractivity (Wildman–Crippen MR) is 73.1 cm³/mol. The molecule has 1 unspecified atom stereocenters. The normalized spacial score (nSPS) is 17.5. The van der Waals surface area contributed by atoms with Gasteiger partial charge in [0.25, 0.3) is 0 Å². The third-order valence-electron chi connectivity index (χ3n) is 2.82. The van der Waals surface area contributed by atoms with Gasteiger partial charge in [-0.05, 0) is 36.4 Å². The molecule has 3 rings (SSSR count). The minimum atomic E-state index is -0.480. The lowest BCUT2D eigenvalue weighted by Crippen LogP contribution is -2.12. The molecule has 1 atom stereocenters. The summed E-state index contributed by atoms with van der Waals surface area (Å²) in [6.07, 6.45) is -0.480. The van der Waals surface area contributed by atoms with Crippen LogP contribution < -0.4 is 5.43 Å². The number of hydrogen-bond acceptors (Lipinski definition) is 4. The zero-order chi connectivity index (χ0) is 13.2. The van der Waals surface area contributed by atoms with Gasteiger partial charge in [-0.2, -0.15) is 0 Å². The molecule has 0 saturated heterocycles. The Morgan fingerprint density at radius 3 is 2.58 bits per heavy atom. The van der Waals surface area contributed by atoms with Gasteiger partial charge >= 0.3 is 0 Å². The maximum Gasteiger partial charge on any atom is 0.240 e. The van der Waals surface area contributed by atoms with Crippen LogP contribution in [0.3, 0.4) is 0 Å². The lowest BCUT2D eigenvalue weighted by atomic mass is 10.2. The maximum absolute atomic E-state index is 9.78.